The van der Waals surface area contributed by atoms with Gasteiger partial charge in [-0.15, -0.1) is 0 Å². The van der Waals surface area contributed by atoms with E-state index < -0.39 is 0 Å². The summed E-state index contributed by atoms with van der Waals surface area (Å²) in [6.45, 7) is 4.82. The monoisotopic (exact) mass is 458 g/mol. The first-order chi connectivity index (χ1) is 16.8. The molecule has 0 N–H and O–H groups in total. The molecule has 0 bridgehead atoms. The van der Waals surface area contributed by atoms with Crippen molar-refractivity contribution in [2.45, 2.75) is 31.1 Å². The van der Waals surface area contributed by atoms with Crippen LogP contribution in [0.4, 0.5) is 5.95 Å². The van der Waals surface area contributed by atoms with Crippen molar-refractivity contribution in [3.63, 3.8) is 0 Å². The van der Waals surface area contributed by atoms with Crippen molar-refractivity contribution in [1.29, 1.82) is 0 Å². The summed E-state index contributed by atoms with van der Waals surface area (Å²) in [6, 6.07) is 4.04. The van der Waals surface area contributed by atoms with Gasteiger partial charge in [0.05, 0.1) is 43.8 Å². The molecule has 7 rings (SSSR count). The van der Waals surface area contributed by atoms with E-state index in [2.05, 4.69) is 37.7 Å². The summed E-state index contributed by atoms with van der Waals surface area (Å²) in [7, 11) is 0. The zero-order valence-corrected chi connectivity index (χ0v) is 18.9. The highest BCUT2D eigenvalue weighted by atomic mass is 16.5. The lowest BCUT2D eigenvalue weighted by Crippen LogP contribution is -2.52. The lowest BCUT2D eigenvalue weighted by Gasteiger charge is -2.47. The molecule has 2 atom stereocenters. The topological polar surface area (TPSA) is 87.4 Å². The number of morpholine rings is 1. The normalized spacial score (nSPS) is 26.4. The van der Waals surface area contributed by atoms with Gasteiger partial charge in [-0.05, 0) is 24.1 Å². The molecule has 3 aromatic heterocycles. The second-order valence-electron chi connectivity index (χ2n) is 9.19. The Bertz CT molecular complexity index is 1290. The van der Waals surface area contributed by atoms with Crippen molar-refractivity contribution in [3.8, 4) is 11.3 Å². The molecule has 34 heavy (non-hydrogen) atoms. The standard InChI is InChI=1S/C25H26N6O3/c1-2-4-21-18(3-1)25(7-10-34-21)16-33-15-22-28-20-6-5-19(29-23(20)31(22)25)17-13-26-24(27-14-17)30-8-11-32-12-9-30/h1-3,5-6,13-14,21H,4,7-12,15-16H2. The van der Waals surface area contributed by atoms with E-state index in [-0.39, 0.29) is 11.6 Å². The number of hydrogen-bond acceptors (Lipinski definition) is 8. The zero-order valence-electron chi connectivity index (χ0n) is 18.9. The predicted molar refractivity (Wildman–Crippen MR) is 125 cm³/mol. The largest absolute Gasteiger partial charge is 0.378 e. The van der Waals surface area contributed by atoms with Gasteiger partial charge >= 0.3 is 0 Å². The van der Waals surface area contributed by atoms with Gasteiger partial charge in [0.25, 0.3) is 0 Å². The van der Waals surface area contributed by atoms with Crippen molar-refractivity contribution in [2.75, 3.05) is 44.4 Å². The minimum absolute atomic E-state index is 0.0788. The number of fused-ring (bicyclic) bond motifs is 6. The number of rotatable bonds is 2. The quantitative estimate of drug-likeness (QED) is 0.579. The second kappa shape index (κ2) is 7.97. The molecule has 2 fully saturated rings. The molecule has 3 aliphatic heterocycles. The summed E-state index contributed by atoms with van der Waals surface area (Å²) in [6.07, 6.45) is 12.0. The average Bonchev–Trinajstić information content (AvgIpc) is 3.29. The van der Waals surface area contributed by atoms with Crippen molar-refractivity contribution in [1.82, 2.24) is 24.5 Å². The van der Waals surface area contributed by atoms with Crippen molar-refractivity contribution in [3.05, 3.63) is 54.2 Å². The minimum Gasteiger partial charge on any atom is -0.378 e. The van der Waals surface area contributed by atoms with E-state index in [0.29, 0.717) is 33.0 Å². The molecule has 1 aliphatic carbocycles. The van der Waals surface area contributed by atoms with Gasteiger partial charge < -0.3 is 19.1 Å². The Balaban J connectivity index is 1.31. The number of imidazole rings is 1. The summed E-state index contributed by atoms with van der Waals surface area (Å²) in [4.78, 5) is 21.4. The van der Waals surface area contributed by atoms with Crippen LogP contribution in [0.25, 0.3) is 22.4 Å². The summed E-state index contributed by atoms with van der Waals surface area (Å²) >= 11 is 0. The van der Waals surface area contributed by atoms with Crippen LogP contribution in [0.5, 0.6) is 0 Å². The molecule has 174 valence electrons. The number of allylic oxidation sites excluding steroid dienone is 2. The van der Waals surface area contributed by atoms with Gasteiger partial charge in [0, 0.05) is 37.5 Å². The van der Waals surface area contributed by atoms with E-state index in [4.69, 9.17) is 24.2 Å². The fourth-order valence-corrected chi connectivity index (χ4v) is 5.60. The molecule has 2 unspecified atom stereocenters. The molecule has 2 saturated heterocycles. The van der Waals surface area contributed by atoms with Crippen LogP contribution in [-0.4, -0.2) is 70.1 Å². The van der Waals surface area contributed by atoms with E-state index in [9.17, 15) is 0 Å². The SMILES string of the molecule is C1=CCC2OCCC3(COCc4nc5ccc(-c6cnc(N7CCOCC7)nc6)nc5n43)C2=C1. The molecule has 0 saturated carbocycles. The van der Waals surface area contributed by atoms with Crippen molar-refractivity contribution >= 4 is 17.1 Å². The molecule has 9 nitrogen and oxygen atoms in total. The van der Waals surface area contributed by atoms with E-state index in [0.717, 1.165) is 60.1 Å². The van der Waals surface area contributed by atoms with E-state index in [1.165, 1.54) is 5.57 Å². The Morgan fingerprint density at radius 2 is 1.88 bits per heavy atom. The van der Waals surface area contributed by atoms with Gasteiger partial charge in [-0.2, -0.15) is 0 Å². The third kappa shape index (κ3) is 3.11. The Labute approximate surface area is 197 Å². The number of aromatic nitrogens is 5. The first kappa shape index (κ1) is 20.3. The minimum atomic E-state index is -0.321. The lowest BCUT2D eigenvalue weighted by molar-refractivity contribution is -0.0498. The van der Waals surface area contributed by atoms with Gasteiger partial charge in [-0.3, -0.25) is 4.57 Å². The molecule has 4 aliphatic rings. The van der Waals surface area contributed by atoms with Crippen LogP contribution in [-0.2, 0) is 26.4 Å². The summed E-state index contributed by atoms with van der Waals surface area (Å²) in [5, 5.41) is 0. The number of ether oxygens (including phenoxy) is 3. The van der Waals surface area contributed by atoms with Crippen molar-refractivity contribution < 1.29 is 14.2 Å². The molecule has 6 heterocycles. The number of nitrogens with zero attached hydrogens (tertiary/aromatic N) is 6. The highest BCUT2D eigenvalue weighted by Crippen LogP contribution is 2.44. The fourth-order valence-electron chi connectivity index (χ4n) is 5.60. The first-order valence-electron chi connectivity index (χ1n) is 11.9. The highest BCUT2D eigenvalue weighted by Gasteiger charge is 2.47. The number of hydrogen-bond donors (Lipinski definition) is 0. The lowest BCUT2D eigenvalue weighted by atomic mass is 9.78. The molecule has 0 radical (unpaired) electrons. The van der Waals surface area contributed by atoms with Crippen LogP contribution in [0.3, 0.4) is 0 Å². The smallest absolute Gasteiger partial charge is 0.225 e. The van der Waals surface area contributed by atoms with Gasteiger partial charge in [0.2, 0.25) is 5.95 Å². The van der Waals surface area contributed by atoms with Crippen LogP contribution in [0.15, 0.2) is 48.3 Å². The second-order valence-corrected chi connectivity index (χ2v) is 9.19. The van der Waals surface area contributed by atoms with Crippen LogP contribution in [0.2, 0.25) is 0 Å². The molecule has 1 spiro atoms. The third-order valence-electron chi connectivity index (χ3n) is 7.28. The van der Waals surface area contributed by atoms with Gasteiger partial charge in [0.15, 0.2) is 5.65 Å². The van der Waals surface area contributed by atoms with Gasteiger partial charge in [0.1, 0.15) is 17.9 Å². The van der Waals surface area contributed by atoms with Crippen LogP contribution in [0.1, 0.15) is 18.7 Å². The Hall–Kier alpha value is -3.14. The highest BCUT2D eigenvalue weighted by molar-refractivity contribution is 5.77. The first-order valence-corrected chi connectivity index (χ1v) is 11.9. The van der Waals surface area contributed by atoms with Gasteiger partial charge in [-0.1, -0.05) is 18.2 Å². The maximum absolute atomic E-state index is 6.11. The molecule has 0 amide bonds. The summed E-state index contributed by atoms with van der Waals surface area (Å²) in [5.74, 6) is 1.65. The number of pyridine rings is 1. The molecular formula is C25H26N6O3. The molecule has 9 heteroatoms. The summed E-state index contributed by atoms with van der Waals surface area (Å²) in [5.41, 5.74) is 4.42. The van der Waals surface area contributed by atoms with E-state index in [1.54, 1.807) is 0 Å². The number of anilines is 1. The third-order valence-corrected chi connectivity index (χ3v) is 7.28. The molecule has 3 aromatic rings. The van der Waals surface area contributed by atoms with E-state index in [1.807, 2.05) is 24.5 Å². The fraction of sp³-hybridized carbons (Fsp3) is 0.440. The predicted octanol–water partition coefficient (Wildman–Crippen LogP) is 2.63. The maximum Gasteiger partial charge on any atom is 0.225 e. The van der Waals surface area contributed by atoms with Gasteiger partial charge in [-0.25, -0.2) is 19.9 Å². The van der Waals surface area contributed by atoms with Crippen LogP contribution < -0.4 is 4.90 Å². The zero-order chi connectivity index (χ0) is 22.5. The average molecular weight is 459 g/mol. The van der Waals surface area contributed by atoms with E-state index >= 15 is 0 Å². The maximum atomic E-state index is 6.11. The summed E-state index contributed by atoms with van der Waals surface area (Å²) < 4.78 is 19.9. The Kier molecular flexibility index (Phi) is 4.75. The van der Waals surface area contributed by atoms with Crippen LogP contribution in [0, 0.1) is 0 Å². The molecule has 0 aromatic carbocycles. The Morgan fingerprint density at radius 1 is 1.00 bits per heavy atom. The van der Waals surface area contributed by atoms with Crippen LogP contribution >= 0.6 is 0 Å². The Morgan fingerprint density at radius 3 is 2.76 bits per heavy atom. The molecular weight excluding hydrogens is 432 g/mol. The van der Waals surface area contributed by atoms with Crippen molar-refractivity contribution in [2.24, 2.45) is 0 Å².